The van der Waals surface area contributed by atoms with E-state index in [9.17, 15) is 29.7 Å². The van der Waals surface area contributed by atoms with E-state index in [1.165, 1.54) is 20.8 Å². The van der Waals surface area contributed by atoms with Gasteiger partial charge in [0.15, 0.2) is 24.5 Å². The molecule has 4 heterocycles. The predicted octanol–water partition coefficient (Wildman–Crippen LogP) is 2.72. The lowest BCUT2D eigenvalue weighted by Crippen LogP contribution is -2.57. The Morgan fingerprint density at radius 1 is 0.661 bits per heavy atom. The number of hydrogen-bond acceptors (Lipinski definition) is 17. The first-order chi connectivity index (χ1) is 24.4. The van der Waals surface area contributed by atoms with Gasteiger partial charge in [0, 0.05) is 52.9 Å². The maximum Gasteiger partial charge on any atom is 0.305 e. The number of rotatable bonds is 7. The van der Waals surface area contributed by atoms with E-state index >= 15 is 0 Å². The molecular weight excluding hydrogens is 740 g/mol. The van der Waals surface area contributed by atoms with Crippen molar-refractivity contribution >= 4 is 17.9 Å². The fraction of sp³-hybridized carbons (Fsp3) is 0.923. The number of hydrogen-bond donors (Lipinski definition) is 5. The van der Waals surface area contributed by atoms with E-state index in [0.717, 1.165) is 32.1 Å². The van der Waals surface area contributed by atoms with Crippen LogP contribution in [0.15, 0.2) is 0 Å². The van der Waals surface area contributed by atoms with Gasteiger partial charge in [-0.15, -0.1) is 0 Å². The van der Waals surface area contributed by atoms with Gasteiger partial charge in [0.05, 0.1) is 0 Å². The minimum atomic E-state index is -1.33. The van der Waals surface area contributed by atoms with Gasteiger partial charge in [-0.05, 0) is 58.3 Å². The summed E-state index contributed by atoms with van der Waals surface area (Å²) in [6, 6.07) is 0. The highest BCUT2D eigenvalue weighted by atomic mass is 16.8. The highest BCUT2D eigenvalue weighted by molar-refractivity contribution is 5.68. The Hall–Kier alpha value is -2.03. The van der Waals surface area contributed by atoms with Crippen molar-refractivity contribution in [1.29, 1.82) is 0 Å². The van der Waals surface area contributed by atoms with Gasteiger partial charge >= 0.3 is 17.9 Å². The van der Waals surface area contributed by atoms with E-state index in [-0.39, 0.29) is 72.9 Å². The molecule has 17 nitrogen and oxygen atoms in total. The average Bonchev–Trinajstić information content (AvgIpc) is 3.70. The molecule has 0 amide bonds. The number of methoxy groups -OCH3 is 1. The van der Waals surface area contributed by atoms with Crippen LogP contribution in [0.25, 0.3) is 0 Å². The molecule has 330 valence electrons. The molecule has 3 unspecified atom stereocenters. The van der Waals surface area contributed by atoms with E-state index in [1.54, 1.807) is 7.11 Å². The zero-order valence-corrected chi connectivity index (χ0v) is 30.9. The van der Waals surface area contributed by atoms with Gasteiger partial charge in [-0.25, -0.2) is 0 Å². The highest BCUT2D eigenvalue weighted by Gasteiger charge is 2.69. The van der Waals surface area contributed by atoms with E-state index in [2.05, 4.69) is 0 Å². The highest BCUT2D eigenvalue weighted by Crippen LogP contribution is 2.56. The largest absolute Gasteiger partial charge is 0.455 e. The molecule has 4 aliphatic heterocycles. The molecule has 0 radical (unpaired) electrons. The minimum Gasteiger partial charge on any atom is -0.455 e. The maximum atomic E-state index is 11.5. The first kappa shape index (κ1) is 52.0. The van der Waals surface area contributed by atoms with Crippen LogP contribution in [0.1, 0.15) is 116 Å². The molecule has 0 aromatic carbocycles. The summed E-state index contributed by atoms with van der Waals surface area (Å²) < 4.78 is 49.9. The van der Waals surface area contributed by atoms with Crippen molar-refractivity contribution in [1.82, 2.24) is 0 Å². The van der Waals surface area contributed by atoms with Crippen molar-refractivity contribution in [3.05, 3.63) is 0 Å². The van der Waals surface area contributed by atoms with Crippen LogP contribution in [0.4, 0.5) is 0 Å². The monoisotopic (exact) mass is 812 g/mol. The van der Waals surface area contributed by atoms with Crippen LogP contribution in [-0.4, -0.2) is 142 Å². The van der Waals surface area contributed by atoms with Gasteiger partial charge in [-0.1, -0.05) is 43.1 Å². The normalized spacial score (nSPS) is 42.9. The molecule has 3 spiro atoms. The van der Waals surface area contributed by atoms with Crippen LogP contribution >= 0.6 is 0 Å². The van der Waals surface area contributed by atoms with Gasteiger partial charge in [-0.3, -0.25) is 14.4 Å². The lowest BCUT2D eigenvalue weighted by Gasteiger charge is -2.48. The molecule has 17 heteroatoms. The number of aliphatic hydroxyl groups is 5. The van der Waals surface area contributed by atoms with Crippen molar-refractivity contribution in [2.24, 2.45) is 17.8 Å². The average molecular weight is 813 g/mol. The van der Waals surface area contributed by atoms with E-state index < -0.39 is 83.8 Å². The molecule has 7 rings (SSSR count). The van der Waals surface area contributed by atoms with Gasteiger partial charge in [0.25, 0.3) is 0 Å². The zero-order chi connectivity index (χ0) is 38.4. The summed E-state index contributed by atoms with van der Waals surface area (Å²) in [6.45, 7) is 9.64. The van der Waals surface area contributed by atoms with Crippen LogP contribution in [0, 0.1) is 17.8 Å². The van der Waals surface area contributed by atoms with Crippen LogP contribution < -0.4 is 0 Å². The zero-order valence-electron chi connectivity index (χ0n) is 30.9. The topological polar surface area (TPSA) is 235 Å². The Morgan fingerprint density at radius 2 is 1.16 bits per heavy atom. The van der Waals surface area contributed by atoms with Crippen molar-refractivity contribution in [2.45, 2.75) is 194 Å². The standard InChI is InChI=1S/C15H22O7.C12H20O5.C8H14O5.4CH4/c1-5-11-6-7-15(11)13(20-9(3)17)12(19-8(2)16)14(22-15)21-10(4)18;1-11(2)15-8-9(16-11)12(17-10(8)14-3)5-4-7(12)6-13;9-3-4-1-2-8(4)6(11)5(10)7(12)13-8;;;;/h11-14H,5-7H2,1-4H3;7-10,13H,4-6H2,1-3H3;4-7,9-12H,1-3H2;4*1H4/t11-,12?,13-,14-,15-;7-,8?,9+,10+,12+;4-,5?,6+,7+,8+;;;;/m100..../s1. The summed E-state index contributed by atoms with van der Waals surface area (Å²) in [5, 5.41) is 46.4. The smallest absolute Gasteiger partial charge is 0.305 e. The molecule has 4 saturated heterocycles. The lowest BCUT2D eigenvalue weighted by atomic mass is 9.65. The molecule has 7 aliphatic rings. The third kappa shape index (κ3) is 9.23. The summed E-state index contributed by atoms with van der Waals surface area (Å²) in [5.41, 5.74) is -2.07. The SMILES string of the molecule is C.C.C.C.CC[C@@H]1CC[C@@]12O[C@@H](OC(C)=O)C(OC(C)=O)[C@H]2OC(C)=O.CO[C@@H]1O[C@@]2(CC[C@H]2CO)[C@@H]2OC(C)(C)OC12.OC[C@@H]1CC[C@@]12O[C@@H](O)C(O)[C@H]2O. The van der Waals surface area contributed by atoms with Gasteiger partial charge in [0.1, 0.15) is 41.2 Å². The molecule has 3 saturated carbocycles. The second-order valence-corrected chi connectivity index (χ2v) is 15.2. The lowest BCUT2D eigenvalue weighted by molar-refractivity contribution is -0.282. The number of carbonyl (C=O) groups excluding carboxylic acids is 3. The van der Waals surface area contributed by atoms with Crippen LogP contribution in [0.2, 0.25) is 0 Å². The fourth-order valence-corrected chi connectivity index (χ4v) is 8.93. The molecule has 56 heavy (non-hydrogen) atoms. The molecule has 5 N–H and O–H groups in total. The number of aliphatic hydroxyl groups excluding tert-OH is 5. The summed E-state index contributed by atoms with van der Waals surface area (Å²) in [5.74, 6) is -2.06. The Bertz CT molecular complexity index is 1290. The van der Waals surface area contributed by atoms with Gasteiger partial charge < -0.3 is 68.2 Å². The molecule has 3 aliphatic carbocycles. The summed E-state index contributed by atoms with van der Waals surface area (Å²) in [6.07, 6.45) is -1.53. The Labute approximate surface area is 332 Å². The van der Waals surface area contributed by atoms with Crippen molar-refractivity contribution in [3.63, 3.8) is 0 Å². The summed E-state index contributed by atoms with van der Waals surface area (Å²) >= 11 is 0. The van der Waals surface area contributed by atoms with Crippen molar-refractivity contribution in [3.8, 4) is 0 Å². The third-order valence-corrected chi connectivity index (χ3v) is 11.8. The first-order valence-corrected chi connectivity index (χ1v) is 18.1. The molecule has 0 bridgehead atoms. The Morgan fingerprint density at radius 3 is 1.55 bits per heavy atom. The summed E-state index contributed by atoms with van der Waals surface area (Å²) in [7, 11) is 1.61. The fourth-order valence-electron chi connectivity index (χ4n) is 8.93. The number of esters is 3. The Kier molecular flexibility index (Phi) is 18.4. The molecule has 0 aromatic rings. The van der Waals surface area contributed by atoms with Crippen LogP contribution in [-0.2, 0) is 57.0 Å². The number of ether oxygens (including phenoxy) is 9. The van der Waals surface area contributed by atoms with Crippen molar-refractivity contribution < 1.29 is 82.5 Å². The second-order valence-electron chi connectivity index (χ2n) is 15.2. The van der Waals surface area contributed by atoms with E-state index in [4.69, 9.17) is 52.8 Å². The summed E-state index contributed by atoms with van der Waals surface area (Å²) in [4.78, 5) is 34.1. The number of carbonyl (C=O) groups is 3. The molecule has 15 atom stereocenters. The molecule has 7 fully saturated rings. The molecule has 0 aromatic heterocycles. The van der Waals surface area contributed by atoms with E-state index in [0.29, 0.717) is 12.8 Å². The van der Waals surface area contributed by atoms with Gasteiger partial charge in [0.2, 0.25) is 12.4 Å². The van der Waals surface area contributed by atoms with E-state index in [1.807, 2.05) is 20.8 Å². The predicted molar refractivity (Wildman–Crippen MR) is 200 cm³/mol. The van der Waals surface area contributed by atoms with Crippen LogP contribution in [0.3, 0.4) is 0 Å². The van der Waals surface area contributed by atoms with Crippen molar-refractivity contribution in [2.75, 3.05) is 20.3 Å². The minimum absolute atomic E-state index is 0. The third-order valence-electron chi connectivity index (χ3n) is 11.8. The Balaban J connectivity index is 0.000000417. The van der Waals surface area contributed by atoms with Crippen LogP contribution in [0.5, 0.6) is 0 Å². The number of fused-ring (bicyclic) bond motifs is 2. The second kappa shape index (κ2) is 19.8. The van der Waals surface area contributed by atoms with Gasteiger partial charge in [-0.2, -0.15) is 0 Å². The maximum absolute atomic E-state index is 11.5. The molecular formula is C39H72O17. The first-order valence-electron chi connectivity index (χ1n) is 18.1. The quantitative estimate of drug-likeness (QED) is 0.184.